The molecule has 0 unspecified atom stereocenters. The Morgan fingerprint density at radius 2 is 1.41 bits per heavy atom. The number of nitrogens with zero attached hydrogens (tertiary/aromatic N) is 2. The van der Waals surface area contributed by atoms with Crippen LogP contribution >= 0.6 is 11.3 Å². The molecule has 2 N–H and O–H groups in total. The Balaban J connectivity index is 1.35. The lowest BCUT2D eigenvalue weighted by molar-refractivity contribution is -0.0461. The standard InChI is InChI=1S/C44H54N2O7S/c1-7-14-35(47)43(3,4)37-20-11-16-29-24-30(25-29)17-12-23-40-46-34(28-54-40)42(50)53-38(44(5,6)36(48)15-8-2)21-13-19-32-26-31(32)18-9-10-22-39-45-33(27-51-39)41(49)52-37/h7-19,22-23,27-29,31-32,35-38,47-48H,20-21,24-26H2,1-6H3/b14-7+,15-8+,16-11-,18-9+,19-13-,22-10-,23-12-,30-17?/t29?,31-,32+,35+,36+,37+,38+/m1/s1. The molecule has 2 aromatic heterocycles. The number of fused-ring (bicyclic) bond motifs is 10. The monoisotopic (exact) mass is 754 g/mol. The van der Waals surface area contributed by atoms with E-state index in [-0.39, 0.29) is 17.3 Å². The van der Waals surface area contributed by atoms with Crippen molar-refractivity contribution in [3.05, 3.63) is 118 Å². The smallest absolute Gasteiger partial charge is 0.360 e. The van der Waals surface area contributed by atoms with E-state index in [0.29, 0.717) is 35.6 Å². The van der Waals surface area contributed by atoms with Gasteiger partial charge in [0.1, 0.15) is 23.5 Å². The Morgan fingerprint density at radius 3 is 2.06 bits per heavy atom. The number of aromatic nitrogens is 2. The van der Waals surface area contributed by atoms with Crippen LogP contribution in [-0.4, -0.2) is 56.5 Å². The third kappa shape index (κ3) is 10.6. The molecule has 0 spiro atoms. The van der Waals surface area contributed by atoms with Gasteiger partial charge >= 0.3 is 11.9 Å². The van der Waals surface area contributed by atoms with Gasteiger partial charge in [-0.1, -0.05) is 112 Å². The average Bonchev–Trinajstić information content (AvgIpc) is 3.44. The number of aliphatic hydroxyl groups is 2. The van der Waals surface area contributed by atoms with Gasteiger partial charge in [0, 0.05) is 35.1 Å². The number of thiazole rings is 1. The van der Waals surface area contributed by atoms with Crippen LogP contribution < -0.4 is 0 Å². The lowest BCUT2D eigenvalue weighted by Gasteiger charge is -2.36. The number of hydrogen-bond acceptors (Lipinski definition) is 10. The summed E-state index contributed by atoms with van der Waals surface area (Å²) in [5.74, 6) is 0.235. The molecule has 2 aliphatic carbocycles. The summed E-state index contributed by atoms with van der Waals surface area (Å²) in [7, 11) is 0. The number of oxazole rings is 1. The molecule has 4 aliphatic rings. The molecule has 4 heterocycles. The molecule has 2 saturated carbocycles. The topological polar surface area (TPSA) is 132 Å². The molecule has 0 saturated heterocycles. The number of ether oxygens (including phenoxy) is 2. The van der Waals surface area contributed by atoms with Crippen molar-refractivity contribution in [2.45, 2.75) is 98.1 Å². The van der Waals surface area contributed by atoms with Crippen LogP contribution in [0.15, 0.2) is 101 Å². The van der Waals surface area contributed by atoms with E-state index in [1.165, 1.54) is 23.2 Å². The van der Waals surface area contributed by atoms with E-state index in [9.17, 15) is 19.8 Å². The van der Waals surface area contributed by atoms with Gasteiger partial charge in [0.15, 0.2) is 11.4 Å². The highest BCUT2D eigenvalue weighted by atomic mass is 32.1. The number of hydrogen-bond donors (Lipinski definition) is 2. The first-order chi connectivity index (χ1) is 25.8. The number of aliphatic hydroxyl groups excluding tert-OH is 2. The van der Waals surface area contributed by atoms with Gasteiger partial charge in [0.2, 0.25) is 5.89 Å². The fraction of sp³-hybridized carbons (Fsp3) is 0.455. The maximum Gasteiger partial charge on any atom is 0.360 e. The molecule has 6 rings (SSSR count). The van der Waals surface area contributed by atoms with Gasteiger partial charge < -0.3 is 24.1 Å². The Labute approximate surface area is 323 Å². The van der Waals surface area contributed by atoms with Gasteiger partial charge in [0.05, 0.1) is 12.2 Å². The Hall–Kier alpha value is -4.38. The van der Waals surface area contributed by atoms with Crippen molar-refractivity contribution in [1.82, 2.24) is 9.97 Å². The molecule has 2 fully saturated rings. The predicted molar refractivity (Wildman–Crippen MR) is 213 cm³/mol. The van der Waals surface area contributed by atoms with Gasteiger partial charge in [-0.2, -0.15) is 0 Å². The molecule has 9 nitrogen and oxygen atoms in total. The molecule has 288 valence electrons. The van der Waals surface area contributed by atoms with Crippen molar-refractivity contribution in [2.24, 2.45) is 28.6 Å². The summed E-state index contributed by atoms with van der Waals surface area (Å²) in [6.45, 7) is 11.3. The second-order valence-electron chi connectivity index (χ2n) is 15.5. The number of rotatable bonds is 6. The zero-order chi connectivity index (χ0) is 38.9. The van der Waals surface area contributed by atoms with Crippen molar-refractivity contribution in [2.75, 3.05) is 0 Å². The van der Waals surface area contributed by atoms with E-state index in [0.717, 1.165) is 19.3 Å². The van der Waals surface area contributed by atoms with Gasteiger partial charge in [-0.15, -0.1) is 11.3 Å². The summed E-state index contributed by atoms with van der Waals surface area (Å²) in [4.78, 5) is 35.5. The van der Waals surface area contributed by atoms with E-state index in [2.05, 4.69) is 34.3 Å². The first kappa shape index (κ1) is 40.8. The molecular weight excluding hydrogens is 701 g/mol. The summed E-state index contributed by atoms with van der Waals surface area (Å²) >= 11 is 1.38. The van der Waals surface area contributed by atoms with Gasteiger partial charge in [-0.05, 0) is 56.9 Å². The molecule has 2 aromatic rings. The molecule has 6 bridgehead atoms. The SMILES string of the molecule is C/C=C/[C@H](O)C(C)(C)[C@@H]1C/C=C\C2CC(=C/C=C\c3nc(cs3)C(=O)O[C@H](C(C)(C)[C@@H](O)/C=C/C)C/C=C\[C@H]3C[C@H]3/C=C/C=C\c3nc(co3)C(=O)O1)C2. The first-order valence-electron chi connectivity index (χ1n) is 18.8. The summed E-state index contributed by atoms with van der Waals surface area (Å²) < 4.78 is 17.6. The van der Waals surface area contributed by atoms with Crippen molar-refractivity contribution >= 4 is 35.4 Å². The van der Waals surface area contributed by atoms with E-state index in [4.69, 9.17) is 13.9 Å². The fourth-order valence-electron chi connectivity index (χ4n) is 6.49. The molecule has 54 heavy (non-hydrogen) atoms. The Morgan fingerprint density at radius 1 is 0.796 bits per heavy atom. The molecule has 2 aliphatic heterocycles. The second-order valence-corrected chi connectivity index (χ2v) is 16.4. The first-order valence-corrected chi connectivity index (χ1v) is 19.7. The maximum atomic E-state index is 13.3. The van der Waals surface area contributed by atoms with Crippen LogP contribution in [0.25, 0.3) is 12.2 Å². The summed E-state index contributed by atoms with van der Waals surface area (Å²) in [5, 5.41) is 24.3. The highest BCUT2D eigenvalue weighted by Gasteiger charge is 2.40. The molecule has 10 heteroatoms. The summed E-state index contributed by atoms with van der Waals surface area (Å²) in [5.41, 5.74) is 0.0938. The van der Waals surface area contributed by atoms with E-state index < -0.39 is 47.2 Å². The zero-order valence-corrected chi connectivity index (χ0v) is 32.9. The van der Waals surface area contributed by atoms with E-state index in [1.807, 2.05) is 78.0 Å². The molecule has 6 atom stereocenters. The highest BCUT2D eigenvalue weighted by molar-refractivity contribution is 7.10. The third-order valence-electron chi connectivity index (χ3n) is 10.6. The van der Waals surface area contributed by atoms with Crippen molar-refractivity contribution in [1.29, 1.82) is 0 Å². The minimum absolute atomic E-state index is 0.0668. The van der Waals surface area contributed by atoms with Crippen LogP contribution in [0, 0.1) is 28.6 Å². The summed E-state index contributed by atoms with van der Waals surface area (Å²) in [6, 6.07) is 0. The van der Waals surface area contributed by atoms with Crippen molar-refractivity contribution < 1.29 is 33.7 Å². The Bertz CT molecular complexity index is 1840. The second kappa shape index (κ2) is 18.3. The van der Waals surface area contributed by atoms with Crippen LogP contribution in [0.3, 0.4) is 0 Å². The molecule has 0 aromatic carbocycles. The number of carbonyl (C=O) groups excluding carboxylic acids is 2. The van der Waals surface area contributed by atoms with Crippen molar-refractivity contribution in [3.8, 4) is 0 Å². The molecule has 0 radical (unpaired) electrons. The predicted octanol–water partition coefficient (Wildman–Crippen LogP) is 9.27. The summed E-state index contributed by atoms with van der Waals surface area (Å²) in [6.07, 6.45) is 31.0. The van der Waals surface area contributed by atoms with Crippen LogP contribution in [-0.2, 0) is 9.47 Å². The Kier molecular flexibility index (Phi) is 13.8. The zero-order valence-electron chi connectivity index (χ0n) is 32.1. The highest BCUT2D eigenvalue weighted by Crippen LogP contribution is 2.41. The number of allylic oxidation sites excluding steroid dienone is 10. The van der Waals surface area contributed by atoms with Gasteiger partial charge in [-0.3, -0.25) is 0 Å². The number of carbonyl (C=O) groups is 2. The normalized spacial score (nSPS) is 28.7. The lowest BCUT2D eigenvalue weighted by atomic mass is 9.77. The van der Waals surface area contributed by atoms with Crippen LogP contribution in [0.5, 0.6) is 0 Å². The van der Waals surface area contributed by atoms with Gasteiger partial charge in [0.25, 0.3) is 0 Å². The van der Waals surface area contributed by atoms with Crippen molar-refractivity contribution in [3.63, 3.8) is 0 Å². The quantitative estimate of drug-likeness (QED) is 0.219. The van der Waals surface area contributed by atoms with E-state index >= 15 is 0 Å². The van der Waals surface area contributed by atoms with Crippen LogP contribution in [0.4, 0.5) is 0 Å². The van der Waals surface area contributed by atoms with E-state index in [1.54, 1.807) is 35.8 Å². The minimum atomic E-state index is -0.823. The van der Waals surface area contributed by atoms with Crippen LogP contribution in [0.2, 0.25) is 0 Å². The maximum absolute atomic E-state index is 13.3. The molecule has 0 amide bonds. The van der Waals surface area contributed by atoms with Crippen LogP contribution in [0.1, 0.15) is 106 Å². The fourth-order valence-corrected chi connectivity index (χ4v) is 7.18. The lowest BCUT2D eigenvalue weighted by Crippen LogP contribution is -2.42. The number of esters is 2. The molecular formula is C44H54N2O7S. The minimum Gasteiger partial charge on any atom is -0.457 e. The largest absolute Gasteiger partial charge is 0.457 e. The third-order valence-corrected chi connectivity index (χ3v) is 11.4. The average molecular weight is 755 g/mol. The van der Waals surface area contributed by atoms with Gasteiger partial charge in [-0.25, -0.2) is 19.6 Å².